The number of hydrogen-bond acceptors (Lipinski definition) is 4. The Hall–Kier alpha value is -2.60. The fourth-order valence-corrected chi connectivity index (χ4v) is 3.50. The van der Waals surface area contributed by atoms with Crippen LogP contribution in [0.2, 0.25) is 0 Å². The molecule has 6 heteroatoms. The average Bonchev–Trinajstić information content (AvgIpc) is 3.05. The summed E-state index contributed by atoms with van der Waals surface area (Å²) in [6, 6.07) is 12.5. The molecule has 0 aromatic heterocycles. The van der Waals surface area contributed by atoms with Crippen LogP contribution in [-0.4, -0.2) is 43.2 Å². The van der Waals surface area contributed by atoms with Crippen molar-refractivity contribution in [3.63, 3.8) is 0 Å². The number of likely N-dealkylation sites (tertiary alicyclic amines) is 1. The first-order valence-electron chi connectivity index (χ1n) is 9.31. The van der Waals surface area contributed by atoms with Gasteiger partial charge in [0.25, 0.3) is 0 Å². The van der Waals surface area contributed by atoms with Crippen LogP contribution < -0.4 is 14.8 Å². The Morgan fingerprint density at radius 1 is 1.04 bits per heavy atom. The molecule has 1 atom stereocenters. The predicted octanol–water partition coefficient (Wildman–Crippen LogP) is 2.53. The number of halogens is 1. The van der Waals surface area contributed by atoms with Crippen molar-refractivity contribution < 1.29 is 18.7 Å². The SMILES string of the molecule is O=C1CC(NCc2ccc3c(c2)OCCO3)CN1CCc1ccc(F)cc1. The molecule has 2 aliphatic heterocycles. The Morgan fingerprint density at radius 2 is 1.78 bits per heavy atom. The maximum atomic E-state index is 13.0. The van der Waals surface area contributed by atoms with Crippen molar-refractivity contribution >= 4 is 5.91 Å². The van der Waals surface area contributed by atoms with Gasteiger partial charge in [0.15, 0.2) is 11.5 Å². The number of nitrogens with zero attached hydrogens (tertiary/aromatic N) is 1. The highest BCUT2D eigenvalue weighted by atomic mass is 19.1. The Labute approximate surface area is 158 Å². The maximum Gasteiger partial charge on any atom is 0.224 e. The molecule has 1 saturated heterocycles. The van der Waals surface area contributed by atoms with Gasteiger partial charge >= 0.3 is 0 Å². The van der Waals surface area contributed by atoms with Crippen molar-refractivity contribution in [3.05, 3.63) is 59.4 Å². The second-order valence-corrected chi connectivity index (χ2v) is 6.98. The quantitative estimate of drug-likeness (QED) is 0.849. The highest BCUT2D eigenvalue weighted by Crippen LogP contribution is 2.30. The topological polar surface area (TPSA) is 50.8 Å². The number of amides is 1. The van der Waals surface area contributed by atoms with Crippen LogP contribution in [-0.2, 0) is 17.8 Å². The van der Waals surface area contributed by atoms with Crippen molar-refractivity contribution in [2.75, 3.05) is 26.3 Å². The summed E-state index contributed by atoms with van der Waals surface area (Å²) in [4.78, 5) is 14.1. The van der Waals surface area contributed by atoms with E-state index < -0.39 is 0 Å². The van der Waals surface area contributed by atoms with Gasteiger partial charge in [-0.15, -0.1) is 0 Å². The van der Waals surface area contributed by atoms with Crippen molar-refractivity contribution in [2.45, 2.75) is 25.4 Å². The molecule has 1 fully saturated rings. The number of carbonyl (C=O) groups is 1. The van der Waals surface area contributed by atoms with E-state index in [9.17, 15) is 9.18 Å². The third-order valence-electron chi connectivity index (χ3n) is 5.00. The summed E-state index contributed by atoms with van der Waals surface area (Å²) < 4.78 is 24.1. The van der Waals surface area contributed by atoms with Gasteiger partial charge in [-0.3, -0.25) is 4.79 Å². The molecule has 27 heavy (non-hydrogen) atoms. The van der Waals surface area contributed by atoms with E-state index in [1.807, 2.05) is 23.1 Å². The molecule has 0 radical (unpaired) electrons. The van der Waals surface area contributed by atoms with Gasteiger partial charge in [0.2, 0.25) is 5.91 Å². The molecular formula is C21H23FN2O3. The predicted molar refractivity (Wildman–Crippen MR) is 99.4 cm³/mol. The van der Waals surface area contributed by atoms with E-state index in [1.165, 1.54) is 12.1 Å². The van der Waals surface area contributed by atoms with E-state index in [1.54, 1.807) is 12.1 Å². The Morgan fingerprint density at radius 3 is 2.59 bits per heavy atom. The smallest absolute Gasteiger partial charge is 0.224 e. The van der Waals surface area contributed by atoms with Crippen LogP contribution in [0.25, 0.3) is 0 Å². The van der Waals surface area contributed by atoms with Gasteiger partial charge in [-0.2, -0.15) is 0 Å². The lowest BCUT2D eigenvalue weighted by atomic mass is 10.1. The van der Waals surface area contributed by atoms with Crippen molar-refractivity contribution in [2.24, 2.45) is 0 Å². The Balaban J connectivity index is 1.27. The summed E-state index contributed by atoms with van der Waals surface area (Å²) in [5.74, 6) is 1.49. The van der Waals surface area contributed by atoms with Crippen LogP contribution in [0.4, 0.5) is 4.39 Å². The molecule has 0 aliphatic carbocycles. The molecule has 0 bridgehead atoms. The second-order valence-electron chi connectivity index (χ2n) is 6.98. The molecule has 2 aliphatic rings. The van der Waals surface area contributed by atoms with Gasteiger partial charge in [0.1, 0.15) is 19.0 Å². The van der Waals surface area contributed by atoms with Crippen molar-refractivity contribution in [1.29, 1.82) is 0 Å². The van der Waals surface area contributed by atoms with Gasteiger partial charge in [-0.05, 0) is 41.8 Å². The van der Waals surface area contributed by atoms with Gasteiger partial charge in [-0.25, -0.2) is 4.39 Å². The minimum Gasteiger partial charge on any atom is -0.486 e. The molecule has 2 aromatic carbocycles. The number of hydrogen-bond donors (Lipinski definition) is 1. The molecule has 4 rings (SSSR count). The molecule has 1 amide bonds. The summed E-state index contributed by atoms with van der Waals surface area (Å²) in [5.41, 5.74) is 2.15. The zero-order valence-corrected chi connectivity index (χ0v) is 15.1. The summed E-state index contributed by atoms with van der Waals surface area (Å²) in [6.07, 6.45) is 1.24. The summed E-state index contributed by atoms with van der Waals surface area (Å²) >= 11 is 0. The fraction of sp³-hybridized carbons (Fsp3) is 0.381. The van der Waals surface area contributed by atoms with E-state index in [4.69, 9.17) is 9.47 Å². The second kappa shape index (κ2) is 7.96. The first-order chi connectivity index (χ1) is 13.2. The number of ether oxygens (including phenoxy) is 2. The standard InChI is InChI=1S/C21H23FN2O3/c22-17-4-1-15(2-5-17)7-8-24-14-18(12-21(24)25)23-13-16-3-6-19-20(11-16)27-10-9-26-19/h1-6,11,18,23H,7-10,12-14H2. The summed E-state index contributed by atoms with van der Waals surface area (Å²) in [7, 11) is 0. The van der Waals surface area contributed by atoms with E-state index in [-0.39, 0.29) is 17.8 Å². The lowest BCUT2D eigenvalue weighted by Gasteiger charge is -2.20. The average molecular weight is 370 g/mol. The number of fused-ring (bicyclic) bond motifs is 1. The number of carbonyl (C=O) groups excluding carboxylic acids is 1. The van der Waals surface area contributed by atoms with Crippen molar-refractivity contribution in [1.82, 2.24) is 10.2 Å². The van der Waals surface area contributed by atoms with Crippen LogP contribution in [0.15, 0.2) is 42.5 Å². The van der Waals surface area contributed by atoms with Crippen LogP contribution in [0.5, 0.6) is 11.5 Å². The van der Waals surface area contributed by atoms with Gasteiger partial charge in [-0.1, -0.05) is 18.2 Å². The molecule has 0 spiro atoms. The van der Waals surface area contributed by atoms with Gasteiger partial charge in [0, 0.05) is 32.1 Å². The lowest BCUT2D eigenvalue weighted by Crippen LogP contribution is -2.33. The molecule has 2 heterocycles. The highest BCUT2D eigenvalue weighted by Gasteiger charge is 2.28. The maximum absolute atomic E-state index is 13.0. The molecule has 1 unspecified atom stereocenters. The number of benzene rings is 2. The molecule has 1 N–H and O–H groups in total. The third-order valence-corrected chi connectivity index (χ3v) is 5.00. The monoisotopic (exact) mass is 370 g/mol. The fourth-order valence-electron chi connectivity index (χ4n) is 3.50. The number of rotatable bonds is 6. The van der Waals surface area contributed by atoms with Gasteiger partial charge in [0.05, 0.1) is 0 Å². The van der Waals surface area contributed by atoms with Gasteiger partial charge < -0.3 is 19.7 Å². The molecule has 2 aromatic rings. The zero-order chi connectivity index (χ0) is 18.6. The normalized spacial score (nSPS) is 18.8. The lowest BCUT2D eigenvalue weighted by molar-refractivity contribution is -0.127. The third kappa shape index (κ3) is 4.39. The minimum atomic E-state index is -0.237. The Bertz CT molecular complexity index is 810. The first kappa shape index (κ1) is 17.8. The summed E-state index contributed by atoms with van der Waals surface area (Å²) in [6.45, 7) is 3.20. The molecule has 142 valence electrons. The van der Waals surface area contributed by atoms with E-state index in [2.05, 4.69) is 5.32 Å². The number of nitrogens with one attached hydrogen (secondary N) is 1. The molecular weight excluding hydrogens is 347 g/mol. The van der Waals surface area contributed by atoms with Crippen LogP contribution in [0.3, 0.4) is 0 Å². The highest BCUT2D eigenvalue weighted by molar-refractivity contribution is 5.79. The van der Waals surface area contributed by atoms with Crippen LogP contribution in [0, 0.1) is 5.82 Å². The van der Waals surface area contributed by atoms with E-state index in [0.29, 0.717) is 39.3 Å². The van der Waals surface area contributed by atoms with Crippen molar-refractivity contribution in [3.8, 4) is 11.5 Å². The van der Waals surface area contributed by atoms with E-state index >= 15 is 0 Å². The zero-order valence-electron chi connectivity index (χ0n) is 15.1. The van der Waals surface area contributed by atoms with E-state index in [0.717, 1.165) is 29.0 Å². The van der Waals surface area contributed by atoms with Crippen LogP contribution >= 0.6 is 0 Å². The minimum absolute atomic E-state index is 0.138. The molecule has 5 nitrogen and oxygen atoms in total. The summed E-state index contributed by atoms with van der Waals surface area (Å²) in [5, 5.41) is 3.46. The molecule has 0 saturated carbocycles. The largest absolute Gasteiger partial charge is 0.486 e. The first-order valence-corrected chi connectivity index (χ1v) is 9.31. The Kier molecular flexibility index (Phi) is 5.25. The van der Waals surface area contributed by atoms with Crippen LogP contribution in [0.1, 0.15) is 17.5 Å².